The molecule has 0 aliphatic carbocycles. The first-order valence-electron chi connectivity index (χ1n) is 3.17. The molecule has 4 heteroatoms. The summed E-state index contributed by atoms with van der Waals surface area (Å²) in [6, 6.07) is 8.87. The highest BCUT2D eigenvalue weighted by Gasteiger charge is 2.25. The fourth-order valence-corrected chi connectivity index (χ4v) is 1.20. The van der Waals surface area contributed by atoms with E-state index in [4.69, 9.17) is 10.6 Å². The maximum Gasteiger partial charge on any atom is 0.529 e. The summed E-state index contributed by atoms with van der Waals surface area (Å²) >= 11 is 0. The van der Waals surface area contributed by atoms with E-state index in [0.29, 0.717) is 5.56 Å². The Morgan fingerprint density at radius 1 is 1.36 bits per heavy atom. The third-order valence-corrected chi connectivity index (χ3v) is 2.15. The molecule has 11 heavy (non-hydrogen) atoms. The molecule has 0 spiro atoms. The molecular formula is C7H9NO2P+. The van der Waals surface area contributed by atoms with Gasteiger partial charge in [-0.2, -0.15) is 4.89 Å². The molecule has 0 heterocycles. The van der Waals surface area contributed by atoms with Crippen LogP contribution < -0.4 is 5.73 Å². The van der Waals surface area contributed by atoms with Gasteiger partial charge >= 0.3 is 8.03 Å². The average molecular weight is 170 g/mol. The van der Waals surface area contributed by atoms with E-state index in [2.05, 4.69) is 0 Å². The smallest absolute Gasteiger partial charge is 0.281 e. The molecule has 1 unspecified atom stereocenters. The normalized spacial score (nSPS) is 14.2. The van der Waals surface area contributed by atoms with Crippen molar-refractivity contribution in [3.05, 3.63) is 35.9 Å². The zero-order valence-corrected chi connectivity index (χ0v) is 6.74. The van der Waals surface area contributed by atoms with Crippen LogP contribution in [0.4, 0.5) is 0 Å². The molecule has 0 fully saturated rings. The Balaban J connectivity index is 2.85. The molecule has 58 valence electrons. The second-order valence-corrected chi connectivity index (χ2v) is 3.32. The summed E-state index contributed by atoms with van der Waals surface area (Å²) in [4.78, 5) is 8.66. The van der Waals surface area contributed by atoms with Crippen molar-refractivity contribution >= 4 is 8.03 Å². The van der Waals surface area contributed by atoms with Crippen molar-refractivity contribution in [2.75, 3.05) is 0 Å². The second-order valence-electron chi connectivity index (χ2n) is 2.16. The highest BCUT2D eigenvalue weighted by molar-refractivity contribution is 7.38. The molecule has 1 aromatic carbocycles. The Bertz CT molecular complexity index is 250. The summed E-state index contributed by atoms with van der Waals surface area (Å²) in [5.74, 6) is -0.758. The lowest BCUT2D eigenvalue weighted by Gasteiger charge is -1.95. The monoisotopic (exact) mass is 170 g/mol. The Hall–Kier alpha value is -0.760. The van der Waals surface area contributed by atoms with Gasteiger partial charge in [-0.3, -0.25) is 5.73 Å². The van der Waals surface area contributed by atoms with E-state index in [0.717, 1.165) is 0 Å². The van der Waals surface area contributed by atoms with Crippen molar-refractivity contribution in [3.8, 4) is 0 Å². The van der Waals surface area contributed by atoms with Crippen LogP contribution in [0, 0.1) is 0 Å². The number of rotatable bonds is 2. The number of hydrogen-bond donors (Lipinski definition) is 2. The standard InChI is InChI=1S/C7H8NO2P/c8-7(11(9)10)6-4-2-1-3-5-6/h1-5,7H,8H2/p+1/t7-/m1/s1. The molecule has 0 saturated heterocycles. The summed E-state index contributed by atoms with van der Waals surface area (Å²) in [5.41, 5.74) is 6.09. The van der Waals surface area contributed by atoms with Gasteiger partial charge in [0.25, 0.3) is 5.78 Å². The first-order chi connectivity index (χ1) is 5.22. The lowest BCUT2D eigenvalue weighted by molar-refractivity contribution is 0.491. The predicted octanol–water partition coefficient (Wildman–Crippen LogP) is 1.38. The Labute approximate surface area is 65.7 Å². The van der Waals surface area contributed by atoms with Crippen LogP contribution in [0.2, 0.25) is 0 Å². The molecule has 0 bridgehead atoms. The number of nitrogens with two attached hydrogens (primary N) is 1. The molecule has 3 N–H and O–H groups in total. The van der Waals surface area contributed by atoms with E-state index in [1.807, 2.05) is 6.07 Å². The van der Waals surface area contributed by atoms with Gasteiger partial charge in [-0.1, -0.05) is 30.3 Å². The molecule has 0 radical (unpaired) electrons. The molecule has 0 amide bonds. The molecule has 2 atom stereocenters. The molecule has 0 aliphatic rings. The lowest BCUT2D eigenvalue weighted by Crippen LogP contribution is -2.04. The first-order valence-corrected chi connectivity index (χ1v) is 4.46. The molecule has 1 rings (SSSR count). The third kappa shape index (κ3) is 2.09. The van der Waals surface area contributed by atoms with E-state index in [1.165, 1.54) is 0 Å². The first kappa shape index (κ1) is 8.34. The highest BCUT2D eigenvalue weighted by Crippen LogP contribution is 2.31. The zero-order chi connectivity index (χ0) is 8.27. The highest BCUT2D eigenvalue weighted by atomic mass is 31.1. The molecule has 0 aromatic heterocycles. The van der Waals surface area contributed by atoms with E-state index in [-0.39, 0.29) is 0 Å². The van der Waals surface area contributed by atoms with Crippen LogP contribution >= 0.6 is 8.03 Å². The van der Waals surface area contributed by atoms with Crippen LogP contribution in [0.1, 0.15) is 11.3 Å². The minimum atomic E-state index is -2.31. The van der Waals surface area contributed by atoms with Gasteiger partial charge in [0.05, 0.1) is 0 Å². The summed E-state index contributed by atoms with van der Waals surface area (Å²) in [7, 11) is -2.31. The van der Waals surface area contributed by atoms with Gasteiger partial charge in [-0.05, 0) is 4.57 Å². The van der Waals surface area contributed by atoms with Crippen LogP contribution in [-0.2, 0) is 4.57 Å². The SMILES string of the molecule is N[C@@H](c1ccccc1)[P+](=O)O. The summed E-state index contributed by atoms with van der Waals surface area (Å²) in [6.07, 6.45) is 0. The fourth-order valence-electron chi connectivity index (χ4n) is 0.778. The van der Waals surface area contributed by atoms with Crippen LogP contribution in [-0.4, -0.2) is 4.89 Å². The molecular weight excluding hydrogens is 161 g/mol. The van der Waals surface area contributed by atoms with Gasteiger partial charge in [0.2, 0.25) is 0 Å². The summed E-state index contributed by atoms with van der Waals surface area (Å²) < 4.78 is 10.5. The minimum Gasteiger partial charge on any atom is -0.281 e. The van der Waals surface area contributed by atoms with Gasteiger partial charge in [0.15, 0.2) is 0 Å². The van der Waals surface area contributed by atoms with Crippen LogP contribution in [0.3, 0.4) is 0 Å². The largest absolute Gasteiger partial charge is 0.529 e. The van der Waals surface area contributed by atoms with Crippen LogP contribution in [0.25, 0.3) is 0 Å². The summed E-state index contributed by atoms with van der Waals surface area (Å²) in [5, 5.41) is 0. The fraction of sp³-hybridized carbons (Fsp3) is 0.143. The van der Waals surface area contributed by atoms with Gasteiger partial charge < -0.3 is 0 Å². The lowest BCUT2D eigenvalue weighted by atomic mass is 10.2. The number of hydrogen-bond acceptors (Lipinski definition) is 2. The summed E-state index contributed by atoms with van der Waals surface area (Å²) in [6.45, 7) is 0. The second kappa shape index (κ2) is 3.58. The minimum absolute atomic E-state index is 0.691. The zero-order valence-electron chi connectivity index (χ0n) is 5.84. The van der Waals surface area contributed by atoms with E-state index in [1.54, 1.807) is 24.3 Å². The van der Waals surface area contributed by atoms with E-state index >= 15 is 0 Å². The van der Waals surface area contributed by atoms with Crippen molar-refractivity contribution in [2.45, 2.75) is 5.78 Å². The molecule has 3 nitrogen and oxygen atoms in total. The molecule has 0 aliphatic heterocycles. The van der Waals surface area contributed by atoms with E-state index in [9.17, 15) is 4.57 Å². The van der Waals surface area contributed by atoms with Crippen molar-refractivity contribution < 1.29 is 9.46 Å². The van der Waals surface area contributed by atoms with Crippen molar-refractivity contribution in [1.29, 1.82) is 0 Å². The Morgan fingerprint density at radius 2 is 1.91 bits per heavy atom. The maximum absolute atomic E-state index is 10.5. The van der Waals surface area contributed by atoms with Crippen molar-refractivity contribution in [2.24, 2.45) is 5.73 Å². The van der Waals surface area contributed by atoms with Gasteiger partial charge in [-0.25, -0.2) is 0 Å². The van der Waals surface area contributed by atoms with Crippen LogP contribution in [0.15, 0.2) is 30.3 Å². The van der Waals surface area contributed by atoms with Crippen molar-refractivity contribution in [3.63, 3.8) is 0 Å². The number of benzene rings is 1. The van der Waals surface area contributed by atoms with Gasteiger partial charge in [0, 0.05) is 5.56 Å². The van der Waals surface area contributed by atoms with Gasteiger partial charge in [0.1, 0.15) is 0 Å². The molecule has 0 saturated carbocycles. The van der Waals surface area contributed by atoms with E-state index < -0.39 is 13.8 Å². The maximum atomic E-state index is 10.5. The average Bonchev–Trinajstić information content (AvgIpc) is 2.05. The van der Waals surface area contributed by atoms with Gasteiger partial charge in [-0.15, -0.1) is 0 Å². The topological polar surface area (TPSA) is 63.3 Å². The van der Waals surface area contributed by atoms with Crippen LogP contribution in [0.5, 0.6) is 0 Å². The van der Waals surface area contributed by atoms with Crippen molar-refractivity contribution in [1.82, 2.24) is 0 Å². The Kier molecular flexibility index (Phi) is 2.71. The molecule has 1 aromatic rings. The third-order valence-electron chi connectivity index (χ3n) is 1.38. The predicted molar refractivity (Wildman–Crippen MR) is 43.2 cm³/mol. The quantitative estimate of drug-likeness (QED) is 0.659. The Morgan fingerprint density at radius 3 is 2.36 bits per heavy atom.